The second-order valence-corrected chi connectivity index (χ2v) is 4.47. The van der Waals surface area contributed by atoms with Crippen molar-refractivity contribution in [2.45, 2.75) is 6.54 Å². The minimum atomic E-state index is 0.521. The molecule has 0 aliphatic rings. The summed E-state index contributed by atoms with van der Waals surface area (Å²) in [7, 11) is 0. The highest BCUT2D eigenvalue weighted by molar-refractivity contribution is 5.27. The van der Waals surface area contributed by atoms with E-state index >= 15 is 0 Å². The summed E-state index contributed by atoms with van der Waals surface area (Å²) in [6, 6.07) is 17.5. The van der Waals surface area contributed by atoms with Crippen LogP contribution in [0.15, 0.2) is 54.6 Å². The van der Waals surface area contributed by atoms with Crippen molar-refractivity contribution in [1.29, 1.82) is 0 Å². The Morgan fingerprint density at radius 3 is 1.81 bits per heavy atom. The monoisotopic (exact) mass is 287 g/mol. The zero-order valence-corrected chi connectivity index (χ0v) is 12.0. The Morgan fingerprint density at radius 1 is 0.667 bits per heavy atom. The van der Waals surface area contributed by atoms with E-state index in [1.165, 1.54) is 0 Å². The first kappa shape index (κ1) is 15.4. The Kier molecular flexibility index (Phi) is 6.58. The van der Waals surface area contributed by atoms with Gasteiger partial charge in [0.25, 0.3) is 0 Å². The summed E-state index contributed by atoms with van der Waals surface area (Å²) >= 11 is 0. The van der Waals surface area contributed by atoms with Crippen LogP contribution in [-0.2, 0) is 11.3 Å². The first-order chi connectivity index (χ1) is 10.4. The summed E-state index contributed by atoms with van der Waals surface area (Å²) < 4.78 is 16.5. The summed E-state index contributed by atoms with van der Waals surface area (Å²) in [6.07, 6.45) is 0. The largest absolute Gasteiger partial charge is 0.491 e. The number of ether oxygens (including phenoxy) is 3. The molecule has 0 amide bonds. The predicted octanol–water partition coefficient (Wildman–Crippen LogP) is 2.62. The van der Waals surface area contributed by atoms with Gasteiger partial charge in [-0.2, -0.15) is 0 Å². The molecule has 0 radical (unpaired) electrons. The predicted molar refractivity (Wildman–Crippen MR) is 82.6 cm³/mol. The van der Waals surface area contributed by atoms with E-state index in [1.807, 2.05) is 54.6 Å². The molecule has 0 aliphatic heterocycles. The Bertz CT molecular complexity index is 499. The highest BCUT2D eigenvalue weighted by Crippen LogP contribution is 2.11. The molecule has 0 heterocycles. The van der Waals surface area contributed by atoms with Gasteiger partial charge in [0, 0.05) is 6.54 Å². The molecule has 21 heavy (non-hydrogen) atoms. The lowest BCUT2D eigenvalue weighted by Crippen LogP contribution is -2.12. The summed E-state index contributed by atoms with van der Waals surface area (Å²) in [5.74, 6) is 1.69. The number of nitrogens with two attached hydrogens (primary N) is 1. The maximum absolute atomic E-state index is 5.56. The average molecular weight is 287 g/mol. The number of rotatable bonds is 9. The van der Waals surface area contributed by atoms with Crippen LogP contribution < -0.4 is 15.2 Å². The van der Waals surface area contributed by atoms with Gasteiger partial charge in [-0.05, 0) is 29.8 Å². The van der Waals surface area contributed by atoms with Gasteiger partial charge in [-0.15, -0.1) is 0 Å². The fraction of sp³-hybridized carbons (Fsp3) is 0.294. The molecule has 112 valence electrons. The zero-order valence-electron chi connectivity index (χ0n) is 12.0. The van der Waals surface area contributed by atoms with E-state index < -0.39 is 0 Å². The minimum Gasteiger partial charge on any atom is -0.491 e. The SMILES string of the molecule is NCc1ccc(OCCOCCOc2ccccc2)cc1. The molecule has 0 saturated heterocycles. The quantitative estimate of drug-likeness (QED) is 0.720. The molecule has 0 saturated carbocycles. The molecule has 0 fully saturated rings. The molecule has 2 rings (SSSR count). The Balaban J connectivity index is 1.51. The fourth-order valence-corrected chi connectivity index (χ4v) is 1.78. The van der Waals surface area contributed by atoms with Gasteiger partial charge in [0.1, 0.15) is 24.7 Å². The van der Waals surface area contributed by atoms with Crippen molar-refractivity contribution in [3.8, 4) is 11.5 Å². The third-order valence-corrected chi connectivity index (χ3v) is 2.90. The topological polar surface area (TPSA) is 53.7 Å². The molecule has 0 unspecified atom stereocenters. The van der Waals surface area contributed by atoms with Gasteiger partial charge < -0.3 is 19.9 Å². The van der Waals surface area contributed by atoms with Gasteiger partial charge in [-0.1, -0.05) is 30.3 Å². The molecule has 0 bridgehead atoms. The van der Waals surface area contributed by atoms with Crippen molar-refractivity contribution in [2.24, 2.45) is 5.73 Å². The summed E-state index contributed by atoms with van der Waals surface area (Å²) in [6.45, 7) is 2.69. The lowest BCUT2D eigenvalue weighted by atomic mass is 10.2. The van der Waals surface area contributed by atoms with Crippen LogP contribution in [0.25, 0.3) is 0 Å². The molecular weight excluding hydrogens is 266 g/mol. The molecule has 0 aliphatic carbocycles. The highest BCUT2D eigenvalue weighted by Gasteiger charge is 1.96. The first-order valence-corrected chi connectivity index (χ1v) is 7.06. The van der Waals surface area contributed by atoms with Crippen molar-refractivity contribution < 1.29 is 14.2 Å². The second kappa shape index (κ2) is 9.00. The number of hydrogen-bond donors (Lipinski definition) is 1. The maximum atomic E-state index is 5.56. The van der Waals surface area contributed by atoms with Crippen LogP contribution in [-0.4, -0.2) is 26.4 Å². The molecule has 2 aromatic carbocycles. The van der Waals surface area contributed by atoms with Crippen LogP contribution in [0.4, 0.5) is 0 Å². The van der Waals surface area contributed by atoms with Crippen LogP contribution in [0.3, 0.4) is 0 Å². The summed E-state index contributed by atoms with van der Waals surface area (Å²) in [4.78, 5) is 0. The molecule has 4 nitrogen and oxygen atoms in total. The molecule has 0 atom stereocenters. The van der Waals surface area contributed by atoms with Gasteiger partial charge >= 0.3 is 0 Å². The normalized spacial score (nSPS) is 10.3. The van der Waals surface area contributed by atoms with Gasteiger partial charge in [-0.3, -0.25) is 0 Å². The van der Waals surface area contributed by atoms with Crippen molar-refractivity contribution in [3.05, 3.63) is 60.2 Å². The van der Waals surface area contributed by atoms with E-state index in [0.717, 1.165) is 17.1 Å². The second-order valence-electron chi connectivity index (χ2n) is 4.47. The number of benzene rings is 2. The fourth-order valence-electron chi connectivity index (χ4n) is 1.78. The van der Waals surface area contributed by atoms with Crippen LogP contribution >= 0.6 is 0 Å². The first-order valence-electron chi connectivity index (χ1n) is 7.06. The molecule has 2 N–H and O–H groups in total. The lowest BCUT2D eigenvalue weighted by molar-refractivity contribution is 0.0764. The van der Waals surface area contributed by atoms with Crippen molar-refractivity contribution in [1.82, 2.24) is 0 Å². The van der Waals surface area contributed by atoms with Crippen molar-refractivity contribution in [3.63, 3.8) is 0 Å². The van der Waals surface area contributed by atoms with Crippen LogP contribution in [0.2, 0.25) is 0 Å². The third kappa shape index (κ3) is 5.85. The smallest absolute Gasteiger partial charge is 0.119 e. The van der Waals surface area contributed by atoms with Gasteiger partial charge in [0.05, 0.1) is 13.2 Å². The van der Waals surface area contributed by atoms with E-state index in [0.29, 0.717) is 33.0 Å². The van der Waals surface area contributed by atoms with Crippen molar-refractivity contribution >= 4 is 0 Å². The van der Waals surface area contributed by atoms with E-state index in [9.17, 15) is 0 Å². The number of para-hydroxylation sites is 1. The molecule has 4 heteroatoms. The summed E-state index contributed by atoms with van der Waals surface area (Å²) in [5, 5.41) is 0. The van der Waals surface area contributed by atoms with Crippen LogP contribution in [0, 0.1) is 0 Å². The Morgan fingerprint density at radius 2 is 1.24 bits per heavy atom. The van der Waals surface area contributed by atoms with Crippen molar-refractivity contribution in [2.75, 3.05) is 26.4 Å². The molecular formula is C17H21NO3. The lowest BCUT2D eigenvalue weighted by Gasteiger charge is -2.08. The van der Waals surface area contributed by atoms with Gasteiger partial charge in [0.15, 0.2) is 0 Å². The van der Waals surface area contributed by atoms with Crippen LogP contribution in [0.1, 0.15) is 5.56 Å². The Labute approximate surface area is 125 Å². The molecule has 0 spiro atoms. The third-order valence-electron chi connectivity index (χ3n) is 2.90. The maximum Gasteiger partial charge on any atom is 0.119 e. The molecule has 0 aromatic heterocycles. The van der Waals surface area contributed by atoms with E-state index in [-0.39, 0.29) is 0 Å². The van der Waals surface area contributed by atoms with E-state index in [2.05, 4.69) is 0 Å². The highest BCUT2D eigenvalue weighted by atomic mass is 16.5. The standard InChI is InChI=1S/C17H21NO3/c18-14-15-6-8-17(9-7-15)21-13-11-19-10-12-20-16-4-2-1-3-5-16/h1-9H,10-14,18H2. The minimum absolute atomic E-state index is 0.521. The average Bonchev–Trinajstić information content (AvgIpc) is 2.55. The number of hydrogen-bond acceptors (Lipinski definition) is 4. The van der Waals surface area contributed by atoms with Crippen LogP contribution in [0.5, 0.6) is 11.5 Å². The summed E-state index contributed by atoms with van der Waals surface area (Å²) in [5.41, 5.74) is 6.63. The Hall–Kier alpha value is -2.04. The van der Waals surface area contributed by atoms with Gasteiger partial charge in [-0.25, -0.2) is 0 Å². The zero-order chi connectivity index (χ0) is 14.8. The molecule has 2 aromatic rings. The van der Waals surface area contributed by atoms with Gasteiger partial charge in [0.2, 0.25) is 0 Å². The van der Waals surface area contributed by atoms with E-state index in [1.54, 1.807) is 0 Å². The van der Waals surface area contributed by atoms with E-state index in [4.69, 9.17) is 19.9 Å².